The lowest BCUT2D eigenvalue weighted by Crippen LogP contribution is -2.61. The molecule has 0 spiro atoms. The van der Waals surface area contributed by atoms with Crippen molar-refractivity contribution in [3.63, 3.8) is 0 Å². The highest BCUT2D eigenvalue weighted by Gasteiger charge is 2.34. The normalized spacial score (nSPS) is 18.8. The van der Waals surface area contributed by atoms with Crippen LogP contribution < -0.4 is 10.1 Å². The van der Waals surface area contributed by atoms with Crippen LogP contribution in [0.2, 0.25) is 10.0 Å². The van der Waals surface area contributed by atoms with E-state index in [1.807, 2.05) is 19.1 Å². The Labute approximate surface area is 93.2 Å². The Balaban J connectivity index is 2.20. The molecule has 2 nitrogen and oxygen atoms in total. The molecule has 0 aliphatic carbocycles. The van der Waals surface area contributed by atoms with Gasteiger partial charge in [0.15, 0.2) is 0 Å². The van der Waals surface area contributed by atoms with Gasteiger partial charge in [-0.15, -0.1) is 0 Å². The van der Waals surface area contributed by atoms with E-state index in [9.17, 15) is 0 Å². The van der Waals surface area contributed by atoms with Gasteiger partial charge in [0.1, 0.15) is 16.4 Å². The molecule has 1 aromatic carbocycles. The van der Waals surface area contributed by atoms with Crippen molar-refractivity contribution in [2.75, 3.05) is 13.1 Å². The fourth-order valence-electron chi connectivity index (χ4n) is 1.38. The minimum Gasteiger partial charge on any atom is -0.483 e. The van der Waals surface area contributed by atoms with Gasteiger partial charge in [0.25, 0.3) is 0 Å². The summed E-state index contributed by atoms with van der Waals surface area (Å²) in [4.78, 5) is 0. The fourth-order valence-corrected chi connectivity index (χ4v) is 1.71. The van der Waals surface area contributed by atoms with Gasteiger partial charge in [-0.25, -0.2) is 0 Å². The van der Waals surface area contributed by atoms with Crippen LogP contribution in [0.4, 0.5) is 0 Å². The van der Waals surface area contributed by atoms with Gasteiger partial charge in [0.2, 0.25) is 0 Å². The van der Waals surface area contributed by atoms with Gasteiger partial charge in [-0.3, -0.25) is 0 Å². The quantitative estimate of drug-likeness (QED) is 0.846. The molecule has 0 saturated carbocycles. The van der Waals surface area contributed by atoms with Crippen molar-refractivity contribution in [2.45, 2.75) is 12.5 Å². The zero-order valence-electron chi connectivity index (χ0n) is 7.81. The summed E-state index contributed by atoms with van der Waals surface area (Å²) in [6, 6.07) is 5.41. The lowest BCUT2D eigenvalue weighted by Gasteiger charge is -2.39. The zero-order chi connectivity index (χ0) is 10.2. The third-order valence-corrected chi connectivity index (χ3v) is 3.07. The second kappa shape index (κ2) is 3.61. The number of ether oxygens (including phenoxy) is 1. The summed E-state index contributed by atoms with van der Waals surface area (Å²) in [5.74, 6) is 0.656. The molecule has 4 heteroatoms. The lowest BCUT2D eigenvalue weighted by atomic mass is 10.00. The van der Waals surface area contributed by atoms with E-state index in [1.54, 1.807) is 6.07 Å². The summed E-state index contributed by atoms with van der Waals surface area (Å²) in [5, 5.41) is 4.17. The van der Waals surface area contributed by atoms with Crippen molar-refractivity contribution >= 4 is 23.2 Å². The summed E-state index contributed by atoms with van der Waals surface area (Å²) >= 11 is 11.9. The van der Waals surface area contributed by atoms with Crippen LogP contribution in [-0.2, 0) is 0 Å². The van der Waals surface area contributed by atoms with E-state index in [0.717, 1.165) is 13.1 Å². The largest absolute Gasteiger partial charge is 0.483 e. The number of nitrogens with one attached hydrogen (secondary N) is 1. The molecular formula is C10H11Cl2NO. The Hall–Kier alpha value is -0.440. The van der Waals surface area contributed by atoms with Crippen LogP contribution in [0.5, 0.6) is 5.75 Å². The van der Waals surface area contributed by atoms with Crippen molar-refractivity contribution in [1.82, 2.24) is 5.32 Å². The number of hydrogen-bond donors (Lipinski definition) is 1. The molecule has 76 valence electrons. The van der Waals surface area contributed by atoms with Gasteiger partial charge in [-0.05, 0) is 19.1 Å². The Kier molecular flexibility index (Phi) is 2.60. The molecule has 1 aromatic rings. The summed E-state index contributed by atoms with van der Waals surface area (Å²) in [5.41, 5.74) is -0.145. The van der Waals surface area contributed by atoms with Crippen molar-refractivity contribution in [3.05, 3.63) is 28.2 Å². The van der Waals surface area contributed by atoms with E-state index in [2.05, 4.69) is 5.32 Å². The van der Waals surface area contributed by atoms with E-state index >= 15 is 0 Å². The third kappa shape index (κ3) is 1.83. The number of halogens is 2. The van der Waals surface area contributed by atoms with E-state index in [1.165, 1.54) is 0 Å². The molecule has 1 aliphatic heterocycles. The van der Waals surface area contributed by atoms with Crippen molar-refractivity contribution in [1.29, 1.82) is 0 Å². The highest BCUT2D eigenvalue weighted by Crippen LogP contribution is 2.34. The molecule has 0 atom stereocenters. The number of rotatable bonds is 2. The molecule has 0 radical (unpaired) electrons. The van der Waals surface area contributed by atoms with Gasteiger partial charge in [-0.2, -0.15) is 0 Å². The molecule has 1 N–H and O–H groups in total. The molecule has 2 rings (SSSR count). The molecule has 1 aliphatic rings. The topological polar surface area (TPSA) is 21.3 Å². The Bertz CT molecular complexity index is 350. The first kappa shape index (κ1) is 10.1. The molecule has 14 heavy (non-hydrogen) atoms. The van der Waals surface area contributed by atoms with E-state index in [4.69, 9.17) is 27.9 Å². The second-order valence-electron chi connectivity index (χ2n) is 3.71. The first-order valence-corrected chi connectivity index (χ1v) is 5.20. The minimum atomic E-state index is -0.145. The standard InChI is InChI=1S/C10H11Cl2NO/c1-10(5-13-6-10)14-8-4-2-3-7(11)9(8)12/h2-4,13H,5-6H2,1H3. The van der Waals surface area contributed by atoms with Crippen molar-refractivity contribution in [3.8, 4) is 5.75 Å². The van der Waals surface area contributed by atoms with Gasteiger partial charge in [-0.1, -0.05) is 29.3 Å². The number of hydrogen-bond acceptors (Lipinski definition) is 2. The highest BCUT2D eigenvalue weighted by molar-refractivity contribution is 6.42. The van der Waals surface area contributed by atoms with E-state index in [-0.39, 0.29) is 5.60 Å². The fraction of sp³-hybridized carbons (Fsp3) is 0.400. The predicted molar refractivity (Wildman–Crippen MR) is 58.4 cm³/mol. The predicted octanol–water partition coefficient (Wildman–Crippen LogP) is 2.73. The van der Waals surface area contributed by atoms with Gasteiger partial charge in [0.05, 0.1) is 5.02 Å². The second-order valence-corrected chi connectivity index (χ2v) is 4.49. The Morgan fingerprint density at radius 1 is 1.36 bits per heavy atom. The summed E-state index contributed by atoms with van der Waals surface area (Å²) in [6.07, 6.45) is 0. The lowest BCUT2D eigenvalue weighted by molar-refractivity contribution is 0.0350. The average molecular weight is 232 g/mol. The summed E-state index contributed by atoms with van der Waals surface area (Å²) < 4.78 is 5.77. The van der Waals surface area contributed by atoms with Crippen molar-refractivity contribution < 1.29 is 4.74 Å². The molecule has 0 aromatic heterocycles. The third-order valence-electron chi connectivity index (χ3n) is 2.27. The van der Waals surface area contributed by atoms with Gasteiger partial charge < -0.3 is 10.1 Å². The van der Waals surface area contributed by atoms with Crippen LogP contribution in [0, 0.1) is 0 Å². The van der Waals surface area contributed by atoms with Crippen LogP contribution in [0.3, 0.4) is 0 Å². The first-order valence-electron chi connectivity index (χ1n) is 4.44. The Morgan fingerprint density at radius 3 is 2.64 bits per heavy atom. The molecular weight excluding hydrogens is 221 g/mol. The SMILES string of the molecule is CC1(Oc2cccc(Cl)c2Cl)CNC1. The molecule has 0 bridgehead atoms. The van der Waals surface area contributed by atoms with Crippen LogP contribution >= 0.6 is 23.2 Å². The molecule has 1 saturated heterocycles. The summed E-state index contributed by atoms with van der Waals surface area (Å²) in [7, 11) is 0. The maximum Gasteiger partial charge on any atom is 0.140 e. The van der Waals surface area contributed by atoms with E-state index < -0.39 is 0 Å². The molecule has 1 fully saturated rings. The highest BCUT2D eigenvalue weighted by atomic mass is 35.5. The smallest absolute Gasteiger partial charge is 0.140 e. The van der Waals surface area contributed by atoms with Gasteiger partial charge in [0, 0.05) is 13.1 Å². The van der Waals surface area contributed by atoms with Crippen LogP contribution in [0.25, 0.3) is 0 Å². The first-order chi connectivity index (χ1) is 6.61. The molecule has 0 unspecified atom stereocenters. The maximum absolute atomic E-state index is 6.00. The number of benzene rings is 1. The van der Waals surface area contributed by atoms with Crippen LogP contribution in [0.15, 0.2) is 18.2 Å². The zero-order valence-corrected chi connectivity index (χ0v) is 9.32. The van der Waals surface area contributed by atoms with Crippen LogP contribution in [-0.4, -0.2) is 18.7 Å². The average Bonchev–Trinajstić information content (AvgIpc) is 2.10. The summed E-state index contributed by atoms with van der Waals surface area (Å²) in [6.45, 7) is 3.73. The molecule has 0 amide bonds. The molecule has 1 heterocycles. The van der Waals surface area contributed by atoms with Gasteiger partial charge >= 0.3 is 0 Å². The van der Waals surface area contributed by atoms with Crippen molar-refractivity contribution in [2.24, 2.45) is 0 Å². The monoisotopic (exact) mass is 231 g/mol. The minimum absolute atomic E-state index is 0.145. The maximum atomic E-state index is 6.00. The van der Waals surface area contributed by atoms with Crippen LogP contribution in [0.1, 0.15) is 6.92 Å². The Morgan fingerprint density at radius 2 is 2.07 bits per heavy atom. The van der Waals surface area contributed by atoms with E-state index in [0.29, 0.717) is 15.8 Å².